The van der Waals surface area contributed by atoms with Gasteiger partial charge in [-0.1, -0.05) is 32.4 Å². The number of amides is 1. The van der Waals surface area contributed by atoms with Gasteiger partial charge in [-0.15, -0.1) is 0 Å². The van der Waals surface area contributed by atoms with Gasteiger partial charge < -0.3 is 4.74 Å². The van der Waals surface area contributed by atoms with Gasteiger partial charge in [-0.05, 0) is 6.07 Å². The Bertz CT molecular complexity index is 617. The Morgan fingerprint density at radius 2 is 2.04 bits per heavy atom. The molecule has 23 heavy (non-hydrogen) atoms. The van der Waals surface area contributed by atoms with Crippen molar-refractivity contribution in [3.05, 3.63) is 23.0 Å². The van der Waals surface area contributed by atoms with Crippen LogP contribution in [-0.4, -0.2) is 18.4 Å². The Kier molecular flexibility index (Phi) is 4.71. The van der Waals surface area contributed by atoms with Crippen LogP contribution in [0.3, 0.4) is 0 Å². The lowest BCUT2D eigenvalue weighted by Gasteiger charge is -2.19. The predicted octanol–water partition coefficient (Wildman–Crippen LogP) is 4.00. The smallest absolute Gasteiger partial charge is 0.255 e. The highest BCUT2D eigenvalue weighted by Crippen LogP contribution is 2.48. The van der Waals surface area contributed by atoms with Gasteiger partial charge in [0.25, 0.3) is 5.92 Å². The van der Waals surface area contributed by atoms with Crippen LogP contribution in [0.25, 0.3) is 0 Å². The number of hydrazine groups is 1. The third-order valence-corrected chi connectivity index (χ3v) is 3.70. The monoisotopic (exact) mass is 350 g/mol. The van der Waals surface area contributed by atoms with Crippen LogP contribution >= 0.6 is 11.6 Å². The molecule has 2 N–H and O–H groups in total. The number of benzene rings is 1. The van der Waals surface area contributed by atoms with E-state index in [4.69, 9.17) is 16.3 Å². The highest BCUT2D eigenvalue weighted by Gasteiger charge is 2.57. The summed E-state index contributed by atoms with van der Waals surface area (Å²) >= 11 is 5.84. The van der Waals surface area contributed by atoms with Crippen molar-refractivity contribution < 1.29 is 22.7 Å². The average Bonchev–Trinajstić information content (AvgIpc) is 3.02. The summed E-state index contributed by atoms with van der Waals surface area (Å²) in [5.74, 6) is -4.52. The maximum atomic E-state index is 13.8. The number of halogens is 4. The molecule has 128 valence electrons. The summed E-state index contributed by atoms with van der Waals surface area (Å²) in [6.07, 6.45) is -0.224. The molecule has 0 heterocycles. The molecule has 1 atom stereocenters. The van der Waals surface area contributed by atoms with Crippen LogP contribution in [0, 0.1) is 17.2 Å². The fourth-order valence-electron chi connectivity index (χ4n) is 1.69. The summed E-state index contributed by atoms with van der Waals surface area (Å²) in [6.45, 7) is 4.90. The van der Waals surface area contributed by atoms with E-state index in [1.807, 2.05) is 0 Å². The van der Waals surface area contributed by atoms with Crippen LogP contribution < -0.4 is 15.6 Å². The van der Waals surface area contributed by atoms with Crippen LogP contribution in [0.1, 0.15) is 27.2 Å². The zero-order chi connectivity index (χ0) is 17.4. The lowest BCUT2D eigenvalue weighted by atomic mass is 9.96. The molecular formula is C15H18ClF3N2O2. The van der Waals surface area contributed by atoms with Crippen molar-refractivity contribution >= 4 is 23.2 Å². The Hall–Kier alpha value is -1.63. The Morgan fingerprint density at radius 3 is 2.57 bits per heavy atom. The van der Waals surface area contributed by atoms with E-state index in [1.54, 1.807) is 20.8 Å². The molecule has 1 amide bonds. The van der Waals surface area contributed by atoms with E-state index < -0.39 is 23.1 Å². The number of nitrogens with one attached hydrogen (secondary N) is 2. The molecule has 8 heteroatoms. The van der Waals surface area contributed by atoms with Crippen LogP contribution in [0.15, 0.2) is 12.1 Å². The highest BCUT2D eigenvalue weighted by molar-refractivity contribution is 6.32. The molecule has 0 spiro atoms. The standard InChI is InChI=1S/C15H18ClF3N2O2/c1-14(2,3)13(22)21-20-11-5-12(9(16)4-10(11)17)23-7-8-6-15(8,18)19/h4-5,8,20H,6-7H2,1-3H3,(H,21,22). The Morgan fingerprint density at radius 1 is 1.43 bits per heavy atom. The number of carbonyl (C=O) groups excluding carboxylic acids is 1. The van der Waals surface area contributed by atoms with Gasteiger partial charge in [0, 0.05) is 17.9 Å². The van der Waals surface area contributed by atoms with Crippen molar-refractivity contribution in [2.45, 2.75) is 33.1 Å². The fraction of sp³-hybridized carbons (Fsp3) is 0.533. The topological polar surface area (TPSA) is 50.4 Å². The van der Waals surface area contributed by atoms with E-state index in [-0.39, 0.29) is 35.4 Å². The van der Waals surface area contributed by atoms with E-state index in [9.17, 15) is 18.0 Å². The quantitative estimate of drug-likeness (QED) is 0.789. The molecule has 1 unspecified atom stereocenters. The maximum absolute atomic E-state index is 13.8. The van der Waals surface area contributed by atoms with Crippen LogP contribution in [0.5, 0.6) is 5.75 Å². The van der Waals surface area contributed by atoms with Crippen molar-refractivity contribution in [3.63, 3.8) is 0 Å². The number of rotatable bonds is 5. The lowest BCUT2D eigenvalue weighted by molar-refractivity contribution is -0.127. The summed E-state index contributed by atoms with van der Waals surface area (Å²) in [5.41, 5.74) is 4.09. The minimum Gasteiger partial charge on any atom is -0.491 e. The highest BCUT2D eigenvalue weighted by atomic mass is 35.5. The Balaban J connectivity index is 2.02. The number of ether oxygens (including phenoxy) is 1. The molecule has 0 radical (unpaired) electrons. The Labute approximate surface area is 137 Å². The first-order valence-electron chi connectivity index (χ1n) is 7.07. The predicted molar refractivity (Wildman–Crippen MR) is 81.2 cm³/mol. The first-order chi connectivity index (χ1) is 10.5. The van der Waals surface area contributed by atoms with Gasteiger partial charge >= 0.3 is 0 Å². The second kappa shape index (κ2) is 6.11. The third-order valence-electron chi connectivity index (χ3n) is 3.41. The van der Waals surface area contributed by atoms with E-state index in [0.717, 1.165) is 6.07 Å². The van der Waals surface area contributed by atoms with Crippen molar-refractivity contribution in [1.82, 2.24) is 5.43 Å². The zero-order valence-corrected chi connectivity index (χ0v) is 13.7. The fourth-order valence-corrected chi connectivity index (χ4v) is 1.89. The van der Waals surface area contributed by atoms with Gasteiger partial charge in [0.2, 0.25) is 5.91 Å². The molecule has 1 fully saturated rings. The normalized spacial score (nSPS) is 19.2. The first-order valence-corrected chi connectivity index (χ1v) is 7.44. The molecule has 0 aliphatic heterocycles. The molecule has 1 saturated carbocycles. The lowest BCUT2D eigenvalue weighted by Crippen LogP contribution is -2.38. The summed E-state index contributed by atoms with van der Waals surface area (Å²) in [4.78, 5) is 11.8. The number of hydrogen-bond acceptors (Lipinski definition) is 3. The molecule has 1 aromatic rings. The van der Waals surface area contributed by atoms with E-state index in [0.29, 0.717) is 0 Å². The summed E-state index contributed by atoms with van der Waals surface area (Å²) in [5, 5.41) is -0.0286. The summed E-state index contributed by atoms with van der Waals surface area (Å²) in [7, 11) is 0. The van der Waals surface area contributed by atoms with Crippen LogP contribution in [0.4, 0.5) is 18.9 Å². The summed E-state index contributed by atoms with van der Waals surface area (Å²) in [6, 6.07) is 2.22. The second-order valence-corrected chi connectivity index (χ2v) is 6.97. The van der Waals surface area contributed by atoms with Crippen LogP contribution in [0.2, 0.25) is 5.02 Å². The first kappa shape index (κ1) is 17.7. The van der Waals surface area contributed by atoms with Gasteiger partial charge in [-0.2, -0.15) is 0 Å². The average molecular weight is 351 g/mol. The number of alkyl halides is 2. The van der Waals surface area contributed by atoms with Gasteiger partial charge in [-0.25, -0.2) is 13.2 Å². The third kappa shape index (κ3) is 4.43. The number of carbonyl (C=O) groups is 1. The van der Waals surface area contributed by atoms with Gasteiger partial charge in [-0.3, -0.25) is 15.6 Å². The molecule has 1 aliphatic rings. The van der Waals surface area contributed by atoms with Gasteiger partial charge in [0.15, 0.2) is 0 Å². The van der Waals surface area contributed by atoms with Crippen molar-refractivity contribution in [2.75, 3.05) is 12.0 Å². The largest absolute Gasteiger partial charge is 0.491 e. The minimum absolute atomic E-state index is 0.0286. The maximum Gasteiger partial charge on any atom is 0.255 e. The number of anilines is 1. The molecule has 0 aromatic heterocycles. The van der Waals surface area contributed by atoms with Gasteiger partial charge in [0.1, 0.15) is 11.6 Å². The summed E-state index contributed by atoms with van der Waals surface area (Å²) < 4.78 is 44.7. The van der Waals surface area contributed by atoms with E-state index >= 15 is 0 Å². The molecule has 1 aromatic carbocycles. The van der Waals surface area contributed by atoms with Crippen molar-refractivity contribution in [1.29, 1.82) is 0 Å². The van der Waals surface area contributed by atoms with Gasteiger partial charge in [0.05, 0.1) is 23.2 Å². The molecule has 0 bridgehead atoms. The molecular weight excluding hydrogens is 333 g/mol. The molecule has 4 nitrogen and oxygen atoms in total. The van der Waals surface area contributed by atoms with E-state index in [2.05, 4.69) is 10.9 Å². The molecule has 1 aliphatic carbocycles. The van der Waals surface area contributed by atoms with Crippen molar-refractivity contribution in [3.8, 4) is 5.75 Å². The SMILES string of the molecule is CC(C)(C)C(=O)NNc1cc(OCC2CC2(F)F)c(Cl)cc1F. The molecule has 0 saturated heterocycles. The molecule has 2 rings (SSSR count). The zero-order valence-electron chi connectivity index (χ0n) is 13.0. The second-order valence-electron chi connectivity index (χ2n) is 6.56. The van der Waals surface area contributed by atoms with Crippen LogP contribution in [-0.2, 0) is 4.79 Å². The number of hydrogen-bond donors (Lipinski definition) is 2. The minimum atomic E-state index is -2.70. The van der Waals surface area contributed by atoms with E-state index in [1.165, 1.54) is 6.07 Å². The van der Waals surface area contributed by atoms with Crippen molar-refractivity contribution in [2.24, 2.45) is 11.3 Å².